The molecule has 0 saturated heterocycles. The maximum absolute atomic E-state index is 5.54. The monoisotopic (exact) mass is 750 g/mol. The molecule has 3 aromatic heterocycles. The molecule has 0 amide bonds. The van der Waals surface area contributed by atoms with Gasteiger partial charge < -0.3 is 0 Å². The first-order valence-electron chi connectivity index (χ1n) is 20.0. The van der Waals surface area contributed by atoms with E-state index in [-0.39, 0.29) is 0 Å². The van der Waals surface area contributed by atoms with E-state index in [1.165, 1.54) is 27.5 Å². The normalized spacial score (nSPS) is 11.7. The van der Waals surface area contributed by atoms with Gasteiger partial charge in [0.25, 0.3) is 0 Å². The molecule has 9 aromatic carbocycles. The van der Waals surface area contributed by atoms with Gasteiger partial charge in [-0.3, -0.25) is 4.57 Å². The van der Waals surface area contributed by atoms with Crippen LogP contribution in [0.1, 0.15) is 0 Å². The average molecular weight is 751 g/mol. The summed E-state index contributed by atoms with van der Waals surface area (Å²) >= 11 is 0. The summed E-state index contributed by atoms with van der Waals surface area (Å²) in [6, 6.07) is 73.1. The first kappa shape index (κ1) is 33.2. The van der Waals surface area contributed by atoms with Crippen molar-refractivity contribution in [3.8, 4) is 50.6 Å². The Morgan fingerprint density at radius 1 is 0.305 bits per heavy atom. The highest BCUT2D eigenvalue weighted by atomic mass is 15.1. The standard InChI is InChI=1S/C55H34N4/c1-3-15-35(16-4-1)51-44-23-11-12-24-46(44)56-54-45(51)33-31-37-32-34-48(57-53(37)54)52-42-21-9-7-19-40(42)50(41-20-8-10-22-43(41)52)36-27-29-38(30-28-36)55-58-47-25-13-14-26-49(47)59(55)39-17-5-2-6-18-39/h1-34H. The van der Waals surface area contributed by atoms with Crippen molar-refractivity contribution in [1.29, 1.82) is 0 Å². The Bertz CT molecular complexity index is 3530. The van der Waals surface area contributed by atoms with Crippen LogP contribution in [0.3, 0.4) is 0 Å². The van der Waals surface area contributed by atoms with Crippen molar-refractivity contribution in [1.82, 2.24) is 19.5 Å². The van der Waals surface area contributed by atoms with Gasteiger partial charge in [0.2, 0.25) is 0 Å². The fraction of sp³-hybridized carbons (Fsp3) is 0. The lowest BCUT2D eigenvalue weighted by molar-refractivity contribution is 1.10. The van der Waals surface area contributed by atoms with Gasteiger partial charge in [-0.1, -0.05) is 170 Å². The molecule has 0 aliphatic heterocycles. The molecule has 0 fully saturated rings. The second-order valence-corrected chi connectivity index (χ2v) is 15.1. The van der Waals surface area contributed by atoms with Crippen LogP contribution in [0.25, 0.3) is 116 Å². The van der Waals surface area contributed by atoms with Gasteiger partial charge in [-0.2, -0.15) is 0 Å². The van der Waals surface area contributed by atoms with Crippen molar-refractivity contribution in [3.05, 3.63) is 206 Å². The average Bonchev–Trinajstić information content (AvgIpc) is 3.70. The van der Waals surface area contributed by atoms with Gasteiger partial charge in [-0.15, -0.1) is 0 Å². The van der Waals surface area contributed by atoms with E-state index in [4.69, 9.17) is 15.0 Å². The zero-order valence-electron chi connectivity index (χ0n) is 31.9. The van der Waals surface area contributed by atoms with Gasteiger partial charge in [0.1, 0.15) is 5.82 Å². The lowest BCUT2D eigenvalue weighted by atomic mass is 9.87. The SMILES string of the molecule is c1ccc(-c2c3ccccc3nc3c2ccc2ccc(-c4c5ccccc5c(-c5ccc(-c6nc7ccccc7n6-c6ccccc6)cc5)c5ccccc45)nc23)cc1. The lowest BCUT2D eigenvalue weighted by Crippen LogP contribution is -1.97. The Labute approximate surface area is 340 Å². The van der Waals surface area contributed by atoms with Crippen LogP contribution in [0.15, 0.2) is 206 Å². The predicted molar refractivity (Wildman–Crippen MR) is 246 cm³/mol. The second kappa shape index (κ2) is 13.3. The van der Waals surface area contributed by atoms with E-state index < -0.39 is 0 Å². The maximum Gasteiger partial charge on any atom is 0.145 e. The number of para-hydroxylation sites is 4. The topological polar surface area (TPSA) is 43.6 Å². The van der Waals surface area contributed by atoms with Crippen LogP contribution in [0.2, 0.25) is 0 Å². The van der Waals surface area contributed by atoms with Crippen molar-refractivity contribution >= 4 is 65.3 Å². The Kier molecular flexibility index (Phi) is 7.50. The van der Waals surface area contributed by atoms with Crippen molar-refractivity contribution < 1.29 is 0 Å². The Hall–Kier alpha value is -7.95. The number of aromatic nitrogens is 4. The van der Waals surface area contributed by atoms with E-state index in [9.17, 15) is 0 Å². The van der Waals surface area contributed by atoms with Crippen LogP contribution in [0.4, 0.5) is 0 Å². The second-order valence-electron chi connectivity index (χ2n) is 15.1. The first-order valence-corrected chi connectivity index (χ1v) is 20.0. The van der Waals surface area contributed by atoms with Gasteiger partial charge >= 0.3 is 0 Å². The van der Waals surface area contributed by atoms with Gasteiger partial charge in [-0.25, -0.2) is 15.0 Å². The third-order valence-electron chi connectivity index (χ3n) is 11.8. The highest BCUT2D eigenvalue weighted by Crippen LogP contribution is 2.45. The number of rotatable bonds is 5. The molecule has 3 heterocycles. The van der Waals surface area contributed by atoms with E-state index in [2.05, 4.69) is 205 Å². The van der Waals surface area contributed by atoms with E-state index in [0.717, 1.165) is 88.4 Å². The van der Waals surface area contributed by atoms with Crippen LogP contribution < -0.4 is 0 Å². The summed E-state index contributed by atoms with van der Waals surface area (Å²) in [7, 11) is 0. The molecular formula is C55H34N4. The van der Waals surface area contributed by atoms with E-state index in [1.807, 2.05) is 6.07 Å². The zero-order chi connectivity index (χ0) is 38.9. The quantitative estimate of drug-likeness (QED) is 0.130. The number of pyridine rings is 2. The molecule has 4 heteroatoms. The van der Waals surface area contributed by atoms with Crippen LogP contribution in [0, 0.1) is 0 Å². The molecule has 0 N–H and O–H groups in total. The van der Waals surface area contributed by atoms with Crippen LogP contribution >= 0.6 is 0 Å². The summed E-state index contributed by atoms with van der Waals surface area (Å²) in [5.74, 6) is 0.919. The van der Waals surface area contributed by atoms with Gasteiger partial charge in [-0.05, 0) is 74.6 Å². The van der Waals surface area contributed by atoms with E-state index >= 15 is 0 Å². The fourth-order valence-electron chi connectivity index (χ4n) is 9.15. The Balaban J connectivity index is 1.06. The largest absolute Gasteiger partial charge is 0.292 e. The summed E-state index contributed by atoms with van der Waals surface area (Å²) in [6.07, 6.45) is 0. The van der Waals surface area contributed by atoms with Crippen LogP contribution in [0.5, 0.6) is 0 Å². The molecule has 4 nitrogen and oxygen atoms in total. The van der Waals surface area contributed by atoms with Crippen molar-refractivity contribution in [2.75, 3.05) is 0 Å². The maximum atomic E-state index is 5.54. The van der Waals surface area contributed by atoms with Gasteiger partial charge in [0.15, 0.2) is 0 Å². The van der Waals surface area contributed by atoms with Crippen molar-refractivity contribution in [3.63, 3.8) is 0 Å². The van der Waals surface area contributed by atoms with Crippen LogP contribution in [-0.2, 0) is 0 Å². The minimum atomic E-state index is 0.900. The summed E-state index contributed by atoms with van der Waals surface area (Å²) < 4.78 is 2.25. The number of hydrogen-bond donors (Lipinski definition) is 0. The molecule has 0 aliphatic carbocycles. The number of fused-ring (bicyclic) bond motifs is 7. The number of imidazole rings is 1. The Morgan fingerprint density at radius 2 is 0.831 bits per heavy atom. The smallest absolute Gasteiger partial charge is 0.145 e. The summed E-state index contributed by atoms with van der Waals surface area (Å²) in [5.41, 5.74) is 13.7. The molecule has 274 valence electrons. The zero-order valence-corrected chi connectivity index (χ0v) is 31.9. The van der Waals surface area contributed by atoms with E-state index in [0.29, 0.717) is 0 Å². The fourth-order valence-corrected chi connectivity index (χ4v) is 9.15. The predicted octanol–water partition coefficient (Wildman–Crippen LogP) is 14.2. The summed E-state index contributed by atoms with van der Waals surface area (Å²) in [5, 5.41) is 7.98. The molecule has 0 unspecified atom stereocenters. The molecule has 0 aliphatic rings. The minimum absolute atomic E-state index is 0.900. The lowest BCUT2D eigenvalue weighted by Gasteiger charge is -2.18. The molecule has 0 bridgehead atoms. The minimum Gasteiger partial charge on any atom is -0.292 e. The molecule has 0 spiro atoms. The molecular weight excluding hydrogens is 717 g/mol. The summed E-state index contributed by atoms with van der Waals surface area (Å²) in [4.78, 5) is 16.0. The van der Waals surface area contributed by atoms with Crippen molar-refractivity contribution in [2.45, 2.75) is 0 Å². The third-order valence-corrected chi connectivity index (χ3v) is 11.8. The number of hydrogen-bond acceptors (Lipinski definition) is 3. The molecule has 59 heavy (non-hydrogen) atoms. The molecule has 0 atom stereocenters. The highest BCUT2D eigenvalue weighted by Gasteiger charge is 2.20. The number of benzene rings is 9. The molecule has 0 radical (unpaired) electrons. The van der Waals surface area contributed by atoms with Gasteiger partial charge in [0, 0.05) is 38.5 Å². The van der Waals surface area contributed by atoms with E-state index in [1.54, 1.807) is 0 Å². The highest BCUT2D eigenvalue weighted by molar-refractivity contribution is 6.22. The Morgan fingerprint density at radius 3 is 1.54 bits per heavy atom. The first-order chi connectivity index (χ1) is 29.3. The van der Waals surface area contributed by atoms with Crippen LogP contribution in [-0.4, -0.2) is 19.5 Å². The molecule has 12 aromatic rings. The van der Waals surface area contributed by atoms with Gasteiger partial charge in [0.05, 0.1) is 33.3 Å². The number of nitrogens with zero attached hydrogens (tertiary/aromatic N) is 4. The molecule has 0 saturated carbocycles. The molecule has 12 rings (SSSR count). The third kappa shape index (κ3) is 5.27. The van der Waals surface area contributed by atoms with Crippen molar-refractivity contribution in [2.24, 2.45) is 0 Å². The summed E-state index contributed by atoms with van der Waals surface area (Å²) in [6.45, 7) is 0.